The number of aliphatic imine (C=N–C) groups is 1. The van der Waals surface area contributed by atoms with Crippen LogP contribution >= 0.6 is 43.6 Å². The van der Waals surface area contributed by atoms with Crippen LogP contribution in [0.3, 0.4) is 0 Å². The average molecular weight is 378 g/mol. The van der Waals surface area contributed by atoms with Crippen LogP contribution in [0.1, 0.15) is 20.3 Å². The predicted octanol–water partition coefficient (Wildman–Crippen LogP) is 4.90. The minimum absolute atomic E-state index is 0.0430. The quantitative estimate of drug-likeness (QED) is 0.752. The molecule has 0 aliphatic carbocycles. The van der Waals surface area contributed by atoms with Crippen LogP contribution in [0.4, 0.5) is 5.69 Å². The Bertz CT molecular complexity index is 438. The minimum Gasteiger partial charge on any atom is -0.333 e. The Morgan fingerprint density at radius 3 is 2.53 bits per heavy atom. The number of rotatable bonds is 1. The first-order chi connectivity index (χ1) is 7.98. The topological polar surface area (TPSA) is 24.4 Å². The van der Waals surface area contributed by atoms with Crippen LogP contribution in [0, 0.1) is 0 Å². The van der Waals surface area contributed by atoms with Gasteiger partial charge in [-0.25, -0.2) is 0 Å². The van der Waals surface area contributed by atoms with Gasteiger partial charge in [-0.05, 0) is 64.3 Å². The molecule has 0 aromatic heterocycles. The first-order valence-corrected chi connectivity index (χ1v) is 7.99. The highest BCUT2D eigenvalue weighted by atomic mass is 79.9. The van der Waals surface area contributed by atoms with Crippen LogP contribution in [0.25, 0.3) is 0 Å². The maximum absolute atomic E-state index is 4.72. The molecule has 0 unspecified atom stereocenters. The molecule has 0 radical (unpaired) electrons. The highest BCUT2D eigenvalue weighted by Crippen LogP contribution is 2.33. The summed E-state index contributed by atoms with van der Waals surface area (Å²) in [7, 11) is 0. The molecule has 1 aromatic rings. The minimum atomic E-state index is 0.0430. The summed E-state index contributed by atoms with van der Waals surface area (Å²) in [5.74, 6) is 1.11. The second-order valence-electron chi connectivity index (χ2n) is 4.55. The Balaban J connectivity index is 2.24. The fourth-order valence-corrected chi connectivity index (χ4v) is 4.03. The summed E-state index contributed by atoms with van der Waals surface area (Å²) in [6.07, 6.45) is 1.12. The molecule has 0 saturated heterocycles. The van der Waals surface area contributed by atoms with Gasteiger partial charge in [-0.2, -0.15) is 0 Å². The summed E-state index contributed by atoms with van der Waals surface area (Å²) in [4.78, 5) is 4.72. The molecule has 92 valence electrons. The Morgan fingerprint density at radius 1 is 1.29 bits per heavy atom. The van der Waals surface area contributed by atoms with E-state index < -0.39 is 0 Å². The smallest absolute Gasteiger partial charge is 0.161 e. The highest BCUT2D eigenvalue weighted by Gasteiger charge is 2.23. The number of amidine groups is 1. The van der Waals surface area contributed by atoms with E-state index in [1.807, 2.05) is 18.2 Å². The van der Waals surface area contributed by atoms with Crippen molar-refractivity contribution in [1.82, 2.24) is 0 Å². The maximum Gasteiger partial charge on any atom is 0.161 e. The van der Waals surface area contributed by atoms with Crippen molar-refractivity contribution in [2.24, 2.45) is 4.99 Å². The normalized spacial score (nSPS) is 18.7. The Morgan fingerprint density at radius 2 is 1.94 bits per heavy atom. The molecule has 2 rings (SSSR count). The second-order valence-corrected chi connectivity index (χ2v) is 7.34. The lowest BCUT2D eigenvalue weighted by atomic mass is 10.0. The number of benzene rings is 1. The van der Waals surface area contributed by atoms with Gasteiger partial charge in [-0.3, -0.25) is 4.99 Å². The van der Waals surface area contributed by atoms with Crippen LogP contribution in [0.5, 0.6) is 0 Å². The molecule has 1 aromatic carbocycles. The van der Waals surface area contributed by atoms with Crippen molar-refractivity contribution in [3.63, 3.8) is 0 Å². The molecule has 5 heteroatoms. The number of hydrogen-bond acceptors (Lipinski definition) is 3. The lowest BCUT2D eigenvalue weighted by Crippen LogP contribution is -2.27. The number of nitrogens with one attached hydrogen (secondary N) is 1. The largest absolute Gasteiger partial charge is 0.333 e. The summed E-state index contributed by atoms with van der Waals surface area (Å²) in [5, 5.41) is 4.39. The zero-order valence-electron chi connectivity index (χ0n) is 9.76. The monoisotopic (exact) mass is 376 g/mol. The van der Waals surface area contributed by atoms with Crippen molar-refractivity contribution >= 4 is 54.5 Å². The molecule has 0 spiro atoms. The summed E-state index contributed by atoms with van der Waals surface area (Å²) >= 11 is 8.87. The van der Waals surface area contributed by atoms with E-state index in [4.69, 9.17) is 4.99 Å². The second kappa shape index (κ2) is 5.33. The first kappa shape index (κ1) is 13.4. The zero-order valence-corrected chi connectivity index (χ0v) is 13.7. The van der Waals surface area contributed by atoms with Gasteiger partial charge in [0.2, 0.25) is 0 Å². The summed E-state index contributed by atoms with van der Waals surface area (Å²) in [5.41, 5.74) is 1.08. The third-order valence-corrected chi connectivity index (χ3v) is 4.75. The van der Waals surface area contributed by atoms with Gasteiger partial charge >= 0.3 is 0 Å². The molecule has 0 fully saturated rings. The van der Waals surface area contributed by atoms with E-state index in [0.29, 0.717) is 0 Å². The fourth-order valence-electron chi connectivity index (χ4n) is 1.55. The summed E-state index contributed by atoms with van der Waals surface area (Å²) < 4.78 is 2.08. The predicted molar refractivity (Wildman–Crippen MR) is 84.1 cm³/mol. The number of hydrogen-bond donors (Lipinski definition) is 1. The van der Waals surface area contributed by atoms with E-state index in [1.165, 1.54) is 0 Å². The van der Waals surface area contributed by atoms with Crippen LogP contribution in [0.15, 0.2) is 32.1 Å². The van der Waals surface area contributed by atoms with E-state index in [-0.39, 0.29) is 5.54 Å². The van der Waals surface area contributed by atoms with Crippen LogP contribution in [-0.2, 0) is 0 Å². The van der Waals surface area contributed by atoms with Crippen LogP contribution < -0.4 is 5.32 Å². The molecule has 0 bridgehead atoms. The number of para-hydroxylation sites is 1. The highest BCUT2D eigenvalue weighted by molar-refractivity contribution is 9.11. The van der Waals surface area contributed by atoms with Gasteiger partial charge in [0, 0.05) is 14.7 Å². The van der Waals surface area contributed by atoms with E-state index >= 15 is 0 Å². The van der Waals surface area contributed by atoms with Gasteiger partial charge in [0.05, 0.1) is 11.2 Å². The molecule has 1 aliphatic rings. The molecule has 0 amide bonds. The van der Waals surface area contributed by atoms with Crippen molar-refractivity contribution in [2.45, 2.75) is 25.8 Å². The lowest BCUT2D eigenvalue weighted by Gasteiger charge is -2.26. The average Bonchev–Trinajstić information content (AvgIpc) is 2.22. The number of thioether (sulfide) groups is 1. The van der Waals surface area contributed by atoms with Gasteiger partial charge < -0.3 is 5.32 Å². The Hall–Kier alpha value is -0.000000000000000111. The Labute approximate surface area is 123 Å². The fraction of sp³-hybridized carbons (Fsp3) is 0.417. The standard InChI is InChI=1S/C12H14Br2N2S/c1-12(2)6-7-17-11(16-12)15-10-8(13)4-3-5-9(10)14/h3-5H,6-7H2,1-2H3,(H,15,16). The van der Waals surface area contributed by atoms with Gasteiger partial charge in [0.1, 0.15) is 0 Å². The lowest BCUT2D eigenvalue weighted by molar-refractivity contribution is 0.507. The molecule has 2 nitrogen and oxygen atoms in total. The van der Waals surface area contributed by atoms with Gasteiger partial charge in [0.25, 0.3) is 0 Å². The van der Waals surface area contributed by atoms with Gasteiger partial charge in [0.15, 0.2) is 5.17 Å². The molecule has 1 aliphatic heterocycles. The van der Waals surface area contributed by atoms with Crippen molar-refractivity contribution in [2.75, 3.05) is 11.1 Å². The third-order valence-electron chi connectivity index (χ3n) is 2.55. The van der Waals surface area contributed by atoms with Gasteiger partial charge in [-0.1, -0.05) is 17.8 Å². The van der Waals surface area contributed by atoms with Gasteiger partial charge in [-0.15, -0.1) is 0 Å². The van der Waals surface area contributed by atoms with E-state index in [1.54, 1.807) is 11.8 Å². The maximum atomic E-state index is 4.72. The van der Waals surface area contributed by atoms with E-state index in [9.17, 15) is 0 Å². The van der Waals surface area contributed by atoms with E-state index in [2.05, 4.69) is 51.0 Å². The third kappa shape index (κ3) is 3.48. The molecule has 0 saturated carbocycles. The summed E-state index contributed by atoms with van der Waals surface area (Å²) in [6, 6.07) is 6.04. The first-order valence-electron chi connectivity index (χ1n) is 5.42. The SMILES string of the molecule is CC1(C)CCSC(Nc2c(Br)cccc2Br)=N1. The van der Waals surface area contributed by atoms with Crippen LogP contribution in [-0.4, -0.2) is 16.5 Å². The van der Waals surface area contributed by atoms with Crippen molar-refractivity contribution in [3.05, 3.63) is 27.1 Å². The molecular weight excluding hydrogens is 364 g/mol. The van der Waals surface area contributed by atoms with Crippen molar-refractivity contribution < 1.29 is 0 Å². The van der Waals surface area contributed by atoms with Crippen molar-refractivity contribution in [3.8, 4) is 0 Å². The Kier molecular flexibility index (Phi) is 4.21. The van der Waals surface area contributed by atoms with Crippen molar-refractivity contribution in [1.29, 1.82) is 0 Å². The number of halogens is 2. The van der Waals surface area contributed by atoms with E-state index in [0.717, 1.165) is 32.0 Å². The van der Waals surface area contributed by atoms with Crippen LogP contribution in [0.2, 0.25) is 0 Å². The molecular formula is C12H14Br2N2S. The molecule has 0 atom stereocenters. The summed E-state index contributed by atoms with van der Waals surface area (Å²) in [6.45, 7) is 4.34. The number of nitrogens with zero attached hydrogens (tertiary/aromatic N) is 1. The molecule has 1 N–H and O–H groups in total. The number of anilines is 1. The zero-order chi connectivity index (χ0) is 12.5. The molecule has 17 heavy (non-hydrogen) atoms. The molecule has 1 heterocycles.